The monoisotopic (exact) mass is 615 g/mol. The number of rotatable bonds is 3. The van der Waals surface area contributed by atoms with Crippen LogP contribution in [0.25, 0.3) is 11.1 Å². The molecule has 0 fully saturated rings. The number of hydrogen-bond donors (Lipinski definition) is 0. The van der Waals surface area contributed by atoms with Gasteiger partial charge in [0.05, 0.1) is 5.69 Å². The van der Waals surface area contributed by atoms with Crippen LogP contribution in [0.5, 0.6) is 0 Å². The van der Waals surface area contributed by atoms with Gasteiger partial charge in [0, 0.05) is 21.8 Å². The van der Waals surface area contributed by atoms with Crippen molar-refractivity contribution in [3.63, 3.8) is 0 Å². The van der Waals surface area contributed by atoms with Gasteiger partial charge in [-0.25, -0.2) is 0 Å². The minimum Gasteiger partial charge on any atom is -0.310 e. The molecule has 0 saturated carbocycles. The lowest BCUT2D eigenvalue weighted by atomic mass is 9.63. The molecule has 3 aliphatic rings. The van der Waals surface area contributed by atoms with Crippen LogP contribution in [-0.2, 0) is 27.1 Å². The minimum absolute atomic E-state index is 0.111. The summed E-state index contributed by atoms with van der Waals surface area (Å²) in [6.45, 7) is 24.1. The van der Waals surface area contributed by atoms with Gasteiger partial charge in [-0.3, -0.25) is 0 Å². The third-order valence-corrected chi connectivity index (χ3v) is 12.2. The van der Waals surface area contributed by atoms with E-state index in [1.807, 2.05) is 0 Å². The fraction of sp³-hybridized carbons (Fsp3) is 0.442. The topological polar surface area (TPSA) is 3.24 Å². The number of benzene rings is 4. The van der Waals surface area contributed by atoms with Crippen LogP contribution in [0.1, 0.15) is 128 Å². The van der Waals surface area contributed by atoms with Crippen molar-refractivity contribution < 1.29 is 0 Å². The van der Waals surface area contributed by atoms with E-state index in [1.165, 1.54) is 87.3 Å². The van der Waals surface area contributed by atoms with Gasteiger partial charge in [-0.1, -0.05) is 117 Å². The van der Waals surface area contributed by atoms with Crippen LogP contribution in [0.4, 0.5) is 17.1 Å². The number of halogens is 1. The van der Waals surface area contributed by atoms with Crippen molar-refractivity contribution in [2.75, 3.05) is 4.90 Å². The molecule has 0 heterocycles. The Kier molecular flexibility index (Phi) is 6.63. The molecule has 4 aromatic rings. The summed E-state index contributed by atoms with van der Waals surface area (Å²) in [5, 5.41) is 0.778. The predicted octanol–water partition coefficient (Wildman–Crippen LogP) is 12.8. The van der Waals surface area contributed by atoms with Crippen molar-refractivity contribution in [3.05, 3.63) is 111 Å². The fourth-order valence-corrected chi connectivity index (χ4v) is 9.11. The molecule has 7 rings (SSSR count). The summed E-state index contributed by atoms with van der Waals surface area (Å²) in [6, 6.07) is 27.9. The van der Waals surface area contributed by atoms with Gasteiger partial charge in [0.2, 0.25) is 0 Å². The van der Waals surface area contributed by atoms with Crippen LogP contribution >= 0.6 is 11.6 Å². The molecule has 0 saturated heterocycles. The standard InChI is InChI=1S/C43H50ClN/c1-39(2)19-21-41(5,6)35-25-28(15-17-33(35)39)45(29-16-18-34-36(26-29)42(7,8)22-20-40(34,3)4)37-24-27(44)23-31-30-13-11-12-14-32(30)43(9,10)38(31)37/h11-18,23-26H,19-22H2,1-10H3. The first kappa shape index (κ1) is 30.6. The summed E-state index contributed by atoms with van der Waals surface area (Å²) in [5.74, 6) is 0. The van der Waals surface area contributed by atoms with E-state index in [9.17, 15) is 0 Å². The van der Waals surface area contributed by atoms with Crippen LogP contribution in [-0.4, -0.2) is 0 Å². The van der Waals surface area contributed by atoms with E-state index in [1.54, 1.807) is 0 Å². The van der Waals surface area contributed by atoms with Crippen LogP contribution < -0.4 is 4.90 Å². The molecule has 45 heavy (non-hydrogen) atoms. The highest BCUT2D eigenvalue weighted by atomic mass is 35.5. The molecule has 0 N–H and O–H groups in total. The van der Waals surface area contributed by atoms with Gasteiger partial charge in [-0.15, -0.1) is 0 Å². The van der Waals surface area contributed by atoms with E-state index in [0.717, 1.165) is 5.02 Å². The smallest absolute Gasteiger partial charge is 0.0523 e. The molecule has 0 bridgehead atoms. The average molecular weight is 616 g/mol. The van der Waals surface area contributed by atoms with E-state index in [-0.39, 0.29) is 27.1 Å². The molecule has 0 unspecified atom stereocenters. The third kappa shape index (κ3) is 4.63. The predicted molar refractivity (Wildman–Crippen MR) is 194 cm³/mol. The number of hydrogen-bond acceptors (Lipinski definition) is 1. The normalized spacial score (nSPS) is 20.9. The second kappa shape index (κ2) is 9.74. The Morgan fingerprint density at radius 1 is 0.489 bits per heavy atom. The van der Waals surface area contributed by atoms with Gasteiger partial charge in [0.15, 0.2) is 0 Å². The van der Waals surface area contributed by atoms with E-state index >= 15 is 0 Å². The van der Waals surface area contributed by atoms with E-state index in [4.69, 9.17) is 11.6 Å². The zero-order chi connectivity index (χ0) is 32.3. The van der Waals surface area contributed by atoms with E-state index < -0.39 is 0 Å². The van der Waals surface area contributed by atoms with Crippen LogP contribution in [0.15, 0.2) is 72.8 Å². The molecule has 0 atom stereocenters. The van der Waals surface area contributed by atoms with Gasteiger partial charge in [-0.05, 0) is 128 Å². The summed E-state index contributed by atoms with van der Waals surface area (Å²) in [7, 11) is 0. The Balaban J connectivity index is 1.54. The molecule has 234 valence electrons. The van der Waals surface area contributed by atoms with Crippen molar-refractivity contribution in [2.24, 2.45) is 0 Å². The molecule has 0 aromatic heterocycles. The summed E-state index contributed by atoms with van der Waals surface area (Å²) in [5.41, 5.74) is 15.2. The summed E-state index contributed by atoms with van der Waals surface area (Å²) in [6.07, 6.45) is 4.79. The molecule has 3 aliphatic carbocycles. The average Bonchev–Trinajstić information content (AvgIpc) is 3.20. The molecule has 0 amide bonds. The van der Waals surface area contributed by atoms with Crippen molar-refractivity contribution in [1.29, 1.82) is 0 Å². The summed E-state index contributed by atoms with van der Waals surface area (Å²) < 4.78 is 0. The first-order valence-electron chi connectivity index (χ1n) is 17.0. The van der Waals surface area contributed by atoms with E-state index in [2.05, 4.69) is 147 Å². The van der Waals surface area contributed by atoms with Gasteiger partial charge in [-0.2, -0.15) is 0 Å². The van der Waals surface area contributed by atoms with Crippen LogP contribution in [0, 0.1) is 0 Å². The van der Waals surface area contributed by atoms with Crippen LogP contribution in [0.2, 0.25) is 5.02 Å². The Hall–Kier alpha value is -3.03. The molecule has 0 spiro atoms. The highest BCUT2D eigenvalue weighted by Gasteiger charge is 2.42. The lowest BCUT2D eigenvalue weighted by Gasteiger charge is -2.44. The number of nitrogens with zero attached hydrogens (tertiary/aromatic N) is 1. The Bertz CT molecular complexity index is 1770. The Morgan fingerprint density at radius 2 is 0.956 bits per heavy atom. The van der Waals surface area contributed by atoms with Crippen LogP contribution in [0.3, 0.4) is 0 Å². The minimum atomic E-state index is -0.172. The van der Waals surface area contributed by atoms with Crippen molar-refractivity contribution in [1.82, 2.24) is 0 Å². The highest BCUT2D eigenvalue weighted by Crippen LogP contribution is 2.57. The van der Waals surface area contributed by atoms with Crippen molar-refractivity contribution in [2.45, 2.75) is 122 Å². The number of fused-ring (bicyclic) bond motifs is 5. The highest BCUT2D eigenvalue weighted by molar-refractivity contribution is 6.31. The first-order chi connectivity index (χ1) is 20.9. The van der Waals surface area contributed by atoms with Gasteiger partial charge in [0.25, 0.3) is 0 Å². The van der Waals surface area contributed by atoms with Gasteiger partial charge >= 0.3 is 0 Å². The SMILES string of the molecule is CC1(C)CCC(C)(C)c2cc(N(c3ccc4c(c3)C(C)(C)CCC4(C)C)c3cc(Cl)cc4c3C(C)(C)c3ccccc3-4)ccc21. The molecule has 2 heteroatoms. The fourth-order valence-electron chi connectivity index (χ4n) is 8.89. The molecule has 4 aromatic carbocycles. The molecule has 1 nitrogen and oxygen atoms in total. The maximum atomic E-state index is 7.08. The zero-order valence-electron chi connectivity index (χ0n) is 29.1. The molecule has 0 aliphatic heterocycles. The van der Waals surface area contributed by atoms with Gasteiger partial charge < -0.3 is 4.90 Å². The third-order valence-electron chi connectivity index (χ3n) is 12.0. The molecular formula is C43H50ClN. The lowest BCUT2D eigenvalue weighted by Crippen LogP contribution is -2.34. The Morgan fingerprint density at radius 3 is 1.47 bits per heavy atom. The maximum Gasteiger partial charge on any atom is 0.0523 e. The molecule has 0 radical (unpaired) electrons. The lowest BCUT2D eigenvalue weighted by molar-refractivity contribution is 0.332. The van der Waals surface area contributed by atoms with Crippen molar-refractivity contribution >= 4 is 28.7 Å². The zero-order valence-corrected chi connectivity index (χ0v) is 29.8. The molecular weight excluding hydrogens is 566 g/mol. The Labute approximate surface area is 277 Å². The second-order valence-corrected chi connectivity index (χ2v) is 17.8. The second-order valence-electron chi connectivity index (χ2n) is 17.3. The number of anilines is 3. The largest absolute Gasteiger partial charge is 0.310 e. The maximum absolute atomic E-state index is 7.08. The summed E-state index contributed by atoms with van der Waals surface area (Å²) in [4.78, 5) is 2.54. The first-order valence-corrected chi connectivity index (χ1v) is 17.4. The van der Waals surface area contributed by atoms with E-state index in [0.29, 0.717) is 0 Å². The summed E-state index contributed by atoms with van der Waals surface area (Å²) >= 11 is 7.08. The van der Waals surface area contributed by atoms with Crippen molar-refractivity contribution in [3.8, 4) is 11.1 Å². The van der Waals surface area contributed by atoms with Gasteiger partial charge in [0.1, 0.15) is 0 Å². The quantitative estimate of drug-likeness (QED) is 0.221.